The van der Waals surface area contributed by atoms with E-state index in [0.29, 0.717) is 0 Å². The van der Waals surface area contributed by atoms with Crippen molar-refractivity contribution in [2.75, 3.05) is 0 Å². The lowest BCUT2D eigenvalue weighted by molar-refractivity contribution is -0.150. The molecule has 1 aliphatic rings. The molecule has 1 unspecified atom stereocenters. The average molecular weight is 140 g/mol. The number of carbonyl (C=O) groups is 1. The molecule has 0 amide bonds. The summed E-state index contributed by atoms with van der Waals surface area (Å²) in [5, 5.41) is 0. The third-order valence-electron chi connectivity index (χ3n) is 1.65. The standard InChI is InChI=1S/C8H12O2/c1-7(9)10-8(2)5-3-4-6-8/h3,5H,4,6H2,1-2H3. The third-order valence-corrected chi connectivity index (χ3v) is 1.65. The summed E-state index contributed by atoms with van der Waals surface area (Å²) < 4.78 is 5.07. The molecule has 0 aromatic heterocycles. The fraction of sp³-hybridized carbons (Fsp3) is 0.625. The van der Waals surface area contributed by atoms with Gasteiger partial charge < -0.3 is 4.74 Å². The third kappa shape index (κ3) is 1.59. The zero-order chi connectivity index (χ0) is 7.61. The largest absolute Gasteiger partial charge is 0.455 e. The van der Waals surface area contributed by atoms with Crippen LogP contribution >= 0.6 is 0 Å². The maximum absolute atomic E-state index is 10.5. The highest BCUT2D eigenvalue weighted by molar-refractivity contribution is 5.66. The van der Waals surface area contributed by atoms with Crippen LogP contribution < -0.4 is 0 Å². The van der Waals surface area contributed by atoms with Crippen LogP contribution in [-0.4, -0.2) is 11.6 Å². The molecule has 0 bridgehead atoms. The maximum Gasteiger partial charge on any atom is 0.303 e. The molecule has 0 fully saturated rings. The zero-order valence-electron chi connectivity index (χ0n) is 6.39. The Balaban J connectivity index is 2.52. The second kappa shape index (κ2) is 2.45. The van der Waals surface area contributed by atoms with Crippen LogP contribution in [0.15, 0.2) is 12.2 Å². The molecule has 10 heavy (non-hydrogen) atoms. The summed E-state index contributed by atoms with van der Waals surface area (Å²) >= 11 is 0. The topological polar surface area (TPSA) is 26.3 Å². The molecule has 1 atom stereocenters. The van der Waals surface area contributed by atoms with Crippen molar-refractivity contribution in [3.8, 4) is 0 Å². The van der Waals surface area contributed by atoms with Gasteiger partial charge in [-0.1, -0.05) is 6.08 Å². The summed E-state index contributed by atoms with van der Waals surface area (Å²) in [5.74, 6) is -0.200. The molecule has 0 aromatic carbocycles. The molecule has 0 saturated heterocycles. The van der Waals surface area contributed by atoms with Gasteiger partial charge in [-0.05, 0) is 25.8 Å². The van der Waals surface area contributed by atoms with Crippen LogP contribution in [0.4, 0.5) is 0 Å². The fourth-order valence-electron chi connectivity index (χ4n) is 1.20. The van der Waals surface area contributed by atoms with Gasteiger partial charge in [0.15, 0.2) is 0 Å². The summed E-state index contributed by atoms with van der Waals surface area (Å²) in [6.45, 7) is 3.37. The zero-order valence-corrected chi connectivity index (χ0v) is 6.39. The Bertz CT molecular complexity index is 172. The van der Waals surface area contributed by atoms with E-state index in [0.717, 1.165) is 12.8 Å². The quantitative estimate of drug-likeness (QED) is 0.409. The van der Waals surface area contributed by atoms with Gasteiger partial charge in [0.25, 0.3) is 0 Å². The molecule has 1 aliphatic carbocycles. The van der Waals surface area contributed by atoms with Crippen molar-refractivity contribution in [1.82, 2.24) is 0 Å². The van der Waals surface area contributed by atoms with Gasteiger partial charge in [-0.3, -0.25) is 4.79 Å². The predicted molar refractivity (Wildman–Crippen MR) is 38.5 cm³/mol. The van der Waals surface area contributed by atoms with Gasteiger partial charge >= 0.3 is 5.97 Å². The Morgan fingerprint density at radius 2 is 2.40 bits per heavy atom. The summed E-state index contributed by atoms with van der Waals surface area (Å²) in [4.78, 5) is 10.5. The van der Waals surface area contributed by atoms with Gasteiger partial charge in [-0.25, -0.2) is 0 Å². The molecule has 0 radical (unpaired) electrons. The summed E-state index contributed by atoms with van der Waals surface area (Å²) in [5.41, 5.74) is -0.314. The molecular weight excluding hydrogens is 128 g/mol. The molecule has 0 spiro atoms. The van der Waals surface area contributed by atoms with E-state index in [2.05, 4.69) is 0 Å². The van der Waals surface area contributed by atoms with E-state index in [1.165, 1.54) is 6.92 Å². The van der Waals surface area contributed by atoms with E-state index < -0.39 is 0 Å². The monoisotopic (exact) mass is 140 g/mol. The smallest absolute Gasteiger partial charge is 0.303 e. The Labute approximate surface area is 60.9 Å². The van der Waals surface area contributed by atoms with E-state index in [4.69, 9.17) is 4.74 Å². The van der Waals surface area contributed by atoms with Crippen molar-refractivity contribution in [2.24, 2.45) is 0 Å². The van der Waals surface area contributed by atoms with Gasteiger partial charge in [-0.2, -0.15) is 0 Å². The minimum absolute atomic E-state index is 0.200. The minimum atomic E-state index is -0.314. The molecule has 0 heterocycles. The fourth-order valence-corrected chi connectivity index (χ4v) is 1.20. The van der Waals surface area contributed by atoms with Crippen molar-refractivity contribution in [1.29, 1.82) is 0 Å². The second-order valence-electron chi connectivity index (χ2n) is 2.85. The van der Waals surface area contributed by atoms with Gasteiger partial charge in [0.05, 0.1) is 0 Å². The number of carbonyl (C=O) groups excluding carboxylic acids is 1. The number of hydrogen-bond acceptors (Lipinski definition) is 2. The molecule has 1 rings (SSSR count). The van der Waals surface area contributed by atoms with E-state index in [-0.39, 0.29) is 11.6 Å². The summed E-state index contributed by atoms with van der Waals surface area (Å²) in [6.07, 6.45) is 5.94. The van der Waals surface area contributed by atoms with Gasteiger partial charge in [0, 0.05) is 6.92 Å². The van der Waals surface area contributed by atoms with Crippen molar-refractivity contribution < 1.29 is 9.53 Å². The number of rotatable bonds is 1. The SMILES string of the molecule is CC(=O)OC1(C)C=CCC1. The lowest BCUT2D eigenvalue weighted by Crippen LogP contribution is -2.25. The predicted octanol–water partition coefficient (Wildman–Crippen LogP) is 1.66. The van der Waals surface area contributed by atoms with Crippen molar-refractivity contribution >= 4 is 5.97 Å². The van der Waals surface area contributed by atoms with Crippen LogP contribution in [0.3, 0.4) is 0 Å². The second-order valence-corrected chi connectivity index (χ2v) is 2.85. The van der Waals surface area contributed by atoms with Crippen molar-refractivity contribution in [3.63, 3.8) is 0 Å². The molecular formula is C8H12O2. The molecule has 0 saturated carbocycles. The molecule has 0 aromatic rings. The van der Waals surface area contributed by atoms with Crippen LogP contribution in [0.1, 0.15) is 26.7 Å². The first-order valence-corrected chi connectivity index (χ1v) is 3.50. The molecule has 56 valence electrons. The Morgan fingerprint density at radius 1 is 1.70 bits per heavy atom. The molecule has 0 N–H and O–H groups in total. The highest BCUT2D eigenvalue weighted by Gasteiger charge is 2.26. The normalized spacial score (nSPS) is 30.6. The van der Waals surface area contributed by atoms with E-state index in [9.17, 15) is 4.79 Å². The highest BCUT2D eigenvalue weighted by atomic mass is 16.6. The molecule has 2 nitrogen and oxygen atoms in total. The van der Waals surface area contributed by atoms with Crippen LogP contribution in [0.25, 0.3) is 0 Å². The Morgan fingerprint density at radius 3 is 2.80 bits per heavy atom. The van der Waals surface area contributed by atoms with E-state index in [1.807, 2.05) is 19.1 Å². The first-order valence-electron chi connectivity index (χ1n) is 3.50. The van der Waals surface area contributed by atoms with Gasteiger partial charge in [0.1, 0.15) is 5.60 Å². The van der Waals surface area contributed by atoms with Crippen LogP contribution in [0, 0.1) is 0 Å². The summed E-state index contributed by atoms with van der Waals surface area (Å²) in [6, 6.07) is 0. The highest BCUT2D eigenvalue weighted by Crippen LogP contribution is 2.25. The number of hydrogen-bond donors (Lipinski definition) is 0. The average Bonchev–Trinajstić information content (AvgIpc) is 2.12. The maximum atomic E-state index is 10.5. The van der Waals surface area contributed by atoms with Crippen molar-refractivity contribution in [3.05, 3.63) is 12.2 Å². The first-order chi connectivity index (χ1) is 4.62. The van der Waals surface area contributed by atoms with Crippen molar-refractivity contribution in [2.45, 2.75) is 32.3 Å². The molecule has 0 aliphatic heterocycles. The van der Waals surface area contributed by atoms with E-state index >= 15 is 0 Å². The number of ether oxygens (including phenoxy) is 1. The lowest BCUT2D eigenvalue weighted by atomic mass is 10.1. The van der Waals surface area contributed by atoms with Gasteiger partial charge in [-0.15, -0.1) is 0 Å². The Hall–Kier alpha value is -0.790. The number of allylic oxidation sites excluding steroid dienone is 1. The van der Waals surface area contributed by atoms with Crippen LogP contribution in [0.2, 0.25) is 0 Å². The minimum Gasteiger partial charge on any atom is -0.455 e. The van der Waals surface area contributed by atoms with E-state index in [1.54, 1.807) is 0 Å². The number of esters is 1. The Kier molecular flexibility index (Phi) is 1.79. The van der Waals surface area contributed by atoms with Gasteiger partial charge in [0.2, 0.25) is 0 Å². The summed E-state index contributed by atoms with van der Waals surface area (Å²) in [7, 11) is 0. The molecule has 2 heteroatoms. The lowest BCUT2D eigenvalue weighted by Gasteiger charge is -2.20. The van der Waals surface area contributed by atoms with Crippen LogP contribution in [-0.2, 0) is 9.53 Å². The van der Waals surface area contributed by atoms with Crippen LogP contribution in [0.5, 0.6) is 0 Å². The first kappa shape index (κ1) is 7.32.